The number of hydrogen-bond donors (Lipinski definition) is 0. The first-order valence-electron chi connectivity index (χ1n) is 7.72. The summed E-state index contributed by atoms with van der Waals surface area (Å²) < 4.78 is 0. The molecule has 0 aliphatic carbocycles. The van der Waals surface area contributed by atoms with Crippen LogP contribution in [0.4, 0.5) is 17.2 Å². The number of rotatable bonds is 1. The van der Waals surface area contributed by atoms with Crippen molar-refractivity contribution in [2.45, 2.75) is 32.9 Å². The Balaban J connectivity index is 1.83. The van der Waals surface area contributed by atoms with Crippen molar-refractivity contribution in [2.75, 3.05) is 4.90 Å². The van der Waals surface area contributed by atoms with Gasteiger partial charge in [-0.2, -0.15) is 0 Å². The molecule has 0 radical (unpaired) electrons. The number of hydrogen-bond acceptors (Lipinski definition) is 4. The van der Waals surface area contributed by atoms with Gasteiger partial charge in [0.1, 0.15) is 0 Å². The lowest BCUT2D eigenvalue weighted by atomic mass is 10.1. The van der Waals surface area contributed by atoms with E-state index in [4.69, 9.17) is 4.98 Å². The molecule has 0 bridgehead atoms. The van der Waals surface area contributed by atoms with Crippen LogP contribution in [-0.4, -0.2) is 4.98 Å². The first-order valence-corrected chi connectivity index (χ1v) is 9.35. The van der Waals surface area contributed by atoms with E-state index in [1.165, 1.54) is 36.5 Å². The molecule has 23 heavy (non-hydrogen) atoms. The Labute approximate surface area is 143 Å². The predicted octanol–water partition coefficient (Wildman–Crippen LogP) is 6.04. The van der Waals surface area contributed by atoms with Crippen molar-refractivity contribution in [1.82, 2.24) is 4.98 Å². The Kier molecular flexibility index (Phi) is 2.97. The molecule has 2 aliphatic rings. The largest absolute Gasteiger partial charge is 0.291 e. The monoisotopic (exact) mass is 334 g/mol. The molecule has 0 spiro atoms. The van der Waals surface area contributed by atoms with E-state index in [0.29, 0.717) is 0 Å². The molecule has 4 heteroatoms. The normalized spacial score (nSPS) is 14.0. The summed E-state index contributed by atoms with van der Waals surface area (Å²) in [7, 11) is 0. The van der Waals surface area contributed by atoms with Crippen LogP contribution in [0.3, 0.4) is 0 Å². The second-order valence-corrected chi connectivity index (χ2v) is 7.79. The zero-order chi connectivity index (χ0) is 15.4. The average molecular weight is 334 g/mol. The summed E-state index contributed by atoms with van der Waals surface area (Å²) in [6.45, 7) is 2.20. The van der Waals surface area contributed by atoms with Crippen molar-refractivity contribution < 1.29 is 0 Å². The fourth-order valence-electron chi connectivity index (χ4n) is 3.14. The number of fused-ring (bicyclic) bond motifs is 4. The molecule has 2 aromatic carbocycles. The third-order valence-corrected chi connectivity index (χ3v) is 6.46. The third-order valence-electron chi connectivity index (χ3n) is 4.26. The molecule has 3 heterocycles. The van der Waals surface area contributed by atoms with Gasteiger partial charge in [-0.15, -0.1) is 0 Å². The Morgan fingerprint density at radius 1 is 0.913 bits per heavy atom. The van der Waals surface area contributed by atoms with Crippen molar-refractivity contribution in [2.24, 2.45) is 0 Å². The number of aromatic nitrogens is 1. The van der Waals surface area contributed by atoms with Crippen LogP contribution in [0.1, 0.15) is 12.5 Å². The molecule has 2 nitrogen and oxygen atoms in total. The summed E-state index contributed by atoms with van der Waals surface area (Å²) in [4.78, 5) is 12.2. The predicted molar refractivity (Wildman–Crippen MR) is 96.5 cm³/mol. The van der Waals surface area contributed by atoms with E-state index in [-0.39, 0.29) is 0 Å². The molecule has 3 aromatic rings. The number of benzene rings is 2. The van der Waals surface area contributed by atoms with Crippen LogP contribution in [0.5, 0.6) is 0 Å². The first-order chi connectivity index (χ1) is 11.3. The SMILES string of the molecule is CCc1ccc2c(c1)N1c3ncccc3Sc3cccc(c31)S2. The number of nitrogens with zero attached hydrogens (tertiary/aromatic N) is 2. The van der Waals surface area contributed by atoms with Gasteiger partial charge in [-0.1, -0.05) is 42.6 Å². The molecule has 0 saturated heterocycles. The van der Waals surface area contributed by atoms with Gasteiger partial charge in [-0.05, 0) is 48.4 Å². The van der Waals surface area contributed by atoms with Gasteiger partial charge in [-0.3, -0.25) is 4.90 Å². The van der Waals surface area contributed by atoms with E-state index < -0.39 is 0 Å². The standard InChI is InChI=1S/C19H14N2S2/c1-2-12-8-9-14-13(11-12)21-18-15(22-14)5-3-6-16(18)23-17-7-4-10-20-19(17)21/h3-11H,2H2,1H3. The highest BCUT2D eigenvalue weighted by molar-refractivity contribution is 8.00. The topological polar surface area (TPSA) is 16.1 Å². The number of para-hydroxylation sites is 1. The zero-order valence-electron chi connectivity index (χ0n) is 12.6. The maximum Gasteiger partial charge on any atom is 0.151 e. The molecule has 2 aliphatic heterocycles. The molecule has 0 fully saturated rings. The second kappa shape index (κ2) is 5.05. The van der Waals surface area contributed by atoms with Crippen molar-refractivity contribution in [3.63, 3.8) is 0 Å². The van der Waals surface area contributed by atoms with Gasteiger partial charge in [0.25, 0.3) is 0 Å². The summed E-state index contributed by atoms with van der Waals surface area (Å²) in [5.74, 6) is 1.05. The van der Waals surface area contributed by atoms with Crippen molar-refractivity contribution in [1.29, 1.82) is 0 Å². The molecule has 0 amide bonds. The van der Waals surface area contributed by atoms with E-state index in [0.717, 1.165) is 12.2 Å². The van der Waals surface area contributed by atoms with Gasteiger partial charge >= 0.3 is 0 Å². The molecule has 0 N–H and O–H groups in total. The Morgan fingerprint density at radius 3 is 2.52 bits per heavy atom. The van der Waals surface area contributed by atoms with Crippen molar-refractivity contribution >= 4 is 40.7 Å². The number of anilines is 3. The zero-order valence-corrected chi connectivity index (χ0v) is 14.2. The van der Waals surface area contributed by atoms with Crippen LogP contribution in [0.2, 0.25) is 0 Å². The lowest BCUT2D eigenvalue weighted by Crippen LogP contribution is -2.20. The van der Waals surface area contributed by atoms with Crippen molar-refractivity contribution in [3.05, 3.63) is 60.3 Å². The highest BCUT2D eigenvalue weighted by atomic mass is 32.2. The van der Waals surface area contributed by atoms with Crippen LogP contribution in [0, 0.1) is 0 Å². The summed E-state index contributed by atoms with van der Waals surface area (Å²) in [5, 5.41) is 0. The van der Waals surface area contributed by atoms with Gasteiger partial charge in [-0.25, -0.2) is 4.98 Å². The van der Waals surface area contributed by atoms with E-state index >= 15 is 0 Å². The highest BCUT2D eigenvalue weighted by Crippen LogP contribution is 2.59. The minimum atomic E-state index is 1.05. The Morgan fingerprint density at radius 2 is 1.70 bits per heavy atom. The second-order valence-electron chi connectivity index (χ2n) is 5.62. The minimum Gasteiger partial charge on any atom is -0.291 e. The minimum absolute atomic E-state index is 1.05. The molecule has 0 unspecified atom stereocenters. The molecule has 112 valence electrons. The molecular formula is C19H14N2S2. The van der Waals surface area contributed by atoms with Gasteiger partial charge in [0.2, 0.25) is 0 Å². The fraction of sp³-hybridized carbons (Fsp3) is 0.105. The first kappa shape index (κ1) is 13.5. The Hall–Kier alpha value is -1.91. The molecular weight excluding hydrogens is 320 g/mol. The van der Waals surface area contributed by atoms with E-state index in [2.05, 4.69) is 54.3 Å². The van der Waals surface area contributed by atoms with Gasteiger partial charge in [0.15, 0.2) is 5.82 Å². The number of aryl methyl sites for hydroxylation is 1. The summed E-state index contributed by atoms with van der Waals surface area (Å²) in [5.41, 5.74) is 3.91. The smallest absolute Gasteiger partial charge is 0.151 e. The highest BCUT2D eigenvalue weighted by Gasteiger charge is 2.33. The molecule has 5 rings (SSSR count). The summed E-state index contributed by atoms with van der Waals surface area (Å²) in [6, 6.07) is 17.5. The third kappa shape index (κ3) is 1.95. The van der Waals surface area contributed by atoms with Gasteiger partial charge in [0.05, 0.1) is 16.3 Å². The van der Waals surface area contributed by atoms with Crippen LogP contribution in [0.15, 0.2) is 74.3 Å². The number of pyridine rings is 1. The Bertz CT molecular complexity index is 922. The molecule has 0 saturated carbocycles. The quantitative estimate of drug-likeness (QED) is 0.371. The van der Waals surface area contributed by atoms with Crippen LogP contribution >= 0.6 is 23.5 Å². The van der Waals surface area contributed by atoms with Gasteiger partial charge in [0, 0.05) is 20.9 Å². The molecule has 1 aromatic heterocycles. The maximum atomic E-state index is 4.70. The van der Waals surface area contributed by atoms with Crippen LogP contribution in [0.25, 0.3) is 0 Å². The van der Waals surface area contributed by atoms with E-state index in [1.807, 2.05) is 35.8 Å². The average Bonchev–Trinajstić information content (AvgIpc) is 2.61. The lowest BCUT2D eigenvalue weighted by Gasteiger charge is -2.37. The van der Waals surface area contributed by atoms with Crippen molar-refractivity contribution in [3.8, 4) is 0 Å². The maximum absolute atomic E-state index is 4.70. The molecule has 0 atom stereocenters. The van der Waals surface area contributed by atoms with Crippen LogP contribution in [-0.2, 0) is 6.42 Å². The summed E-state index contributed by atoms with van der Waals surface area (Å²) in [6.07, 6.45) is 2.93. The fourth-order valence-corrected chi connectivity index (χ4v) is 5.34. The lowest BCUT2D eigenvalue weighted by molar-refractivity contribution is 1.02. The summed E-state index contributed by atoms with van der Waals surface area (Å²) >= 11 is 3.68. The van der Waals surface area contributed by atoms with E-state index in [9.17, 15) is 0 Å². The van der Waals surface area contributed by atoms with Gasteiger partial charge < -0.3 is 0 Å². The van der Waals surface area contributed by atoms with E-state index in [1.54, 1.807) is 0 Å². The van der Waals surface area contributed by atoms with Crippen LogP contribution < -0.4 is 4.90 Å².